The van der Waals surface area contributed by atoms with Gasteiger partial charge in [-0.2, -0.15) is 5.26 Å². The van der Waals surface area contributed by atoms with Crippen LogP contribution in [0.3, 0.4) is 0 Å². The van der Waals surface area contributed by atoms with Gasteiger partial charge < -0.3 is 30.1 Å². The standard InChI is InChI=1S/C19H23N7O3/c1-28-16-5-3-2-4-15(16)17-9-23-19(29-17)18(27)24-13-8-14(25(10-13)12-21)11-26(22)7-6-20/h2-7,9,13-14H,8,10-11,20,22H2,1H3,(H,24,27)/b7-6-/t13-,14+/m1/s1. The minimum Gasteiger partial charge on any atom is -0.496 e. The number of nitriles is 1. The van der Waals surface area contributed by atoms with Crippen molar-refractivity contribution in [3.05, 3.63) is 48.8 Å². The molecule has 1 saturated heterocycles. The number of carbonyl (C=O) groups excluding carboxylic acids is 1. The summed E-state index contributed by atoms with van der Waals surface area (Å²) >= 11 is 0. The molecule has 10 nitrogen and oxygen atoms in total. The Morgan fingerprint density at radius 3 is 3.07 bits per heavy atom. The van der Waals surface area contributed by atoms with E-state index in [1.807, 2.05) is 18.2 Å². The highest BCUT2D eigenvalue weighted by Crippen LogP contribution is 2.30. The van der Waals surface area contributed by atoms with E-state index in [0.717, 1.165) is 0 Å². The van der Waals surface area contributed by atoms with E-state index >= 15 is 0 Å². The topological polar surface area (TPSA) is 147 Å². The van der Waals surface area contributed by atoms with E-state index in [-0.39, 0.29) is 18.0 Å². The monoisotopic (exact) mass is 397 g/mol. The minimum absolute atomic E-state index is 0.0515. The molecular weight excluding hydrogens is 374 g/mol. The van der Waals surface area contributed by atoms with Gasteiger partial charge in [0.2, 0.25) is 0 Å². The number of likely N-dealkylation sites (tertiary alicyclic amines) is 1. The molecule has 1 aliphatic rings. The fourth-order valence-electron chi connectivity index (χ4n) is 3.33. The SMILES string of the molecule is COc1ccccc1-c1cnc(C(=O)N[C@@H]2C[C@@H](CN(N)/C=C\N)N(C#N)C2)o1. The minimum atomic E-state index is -0.443. The highest BCUT2D eigenvalue weighted by molar-refractivity contribution is 5.90. The number of hydrogen-bond donors (Lipinski definition) is 3. The lowest BCUT2D eigenvalue weighted by atomic mass is 10.1. The number of aromatic nitrogens is 1. The molecule has 0 spiro atoms. The number of oxazole rings is 1. The largest absolute Gasteiger partial charge is 0.496 e. The number of para-hydroxylation sites is 1. The number of nitrogens with zero attached hydrogens (tertiary/aromatic N) is 4. The van der Waals surface area contributed by atoms with Gasteiger partial charge in [0.25, 0.3) is 5.89 Å². The van der Waals surface area contributed by atoms with Crippen molar-refractivity contribution in [1.82, 2.24) is 20.2 Å². The first-order valence-corrected chi connectivity index (χ1v) is 9.02. The Labute approximate surface area is 168 Å². The number of methoxy groups -OCH3 is 1. The third-order valence-corrected chi connectivity index (χ3v) is 4.65. The zero-order valence-corrected chi connectivity index (χ0v) is 16.0. The summed E-state index contributed by atoms with van der Waals surface area (Å²) < 4.78 is 10.9. The lowest BCUT2D eigenvalue weighted by Crippen LogP contribution is -2.39. The molecule has 0 bridgehead atoms. The fourth-order valence-corrected chi connectivity index (χ4v) is 3.33. The molecule has 1 aliphatic heterocycles. The van der Waals surface area contributed by atoms with Crippen molar-refractivity contribution in [2.75, 3.05) is 20.2 Å². The second kappa shape index (κ2) is 8.99. The van der Waals surface area contributed by atoms with E-state index in [0.29, 0.717) is 36.6 Å². The lowest BCUT2D eigenvalue weighted by molar-refractivity contribution is 0.0904. The van der Waals surface area contributed by atoms with Gasteiger partial charge in [0.1, 0.15) is 5.75 Å². The van der Waals surface area contributed by atoms with Crippen LogP contribution < -0.4 is 21.6 Å². The maximum Gasteiger partial charge on any atom is 0.307 e. The smallest absolute Gasteiger partial charge is 0.307 e. The lowest BCUT2D eigenvalue weighted by Gasteiger charge is -2.22. The molecule has 0 unspecified atom stereocenters. The van der Waals surface area contributed by atoms with E-state index in [2.05, 4.69) is 16.5 Å². The summed E-state index contributed by atoms with van der Waals surface area (Å²) in [6, 6.07) is 6.93. The predicted octanol–water partition coefficient (Wildman–Crippen LogP) is 0.610. The molecular formula is C19H23N7O3. The summed E-state index contributed by atoms with van der Waals surface area (Å²) in [5.41, 5.74) is 6.03. The molecule has 1 aromatic carbocycles. The van der Waals surface area contributed by atoms with Gasteiger partial charge in [-0.1, -0.05) is 12.1 Å². The van der Waals surface area contributed by atoms with Crippen molar-refractivity contribution < 1.29 is 13.9 Å². The van der Waals surface area contributed by atoms with Crippen LogP contribution in [0, 0.1) is 11.5 Å². The van der Waals surface area contributed by atoms with Gasteiger partial charge in [-0.25, -0.2) is 10.8 Å². The number of ether oxygens (including phenoxy) is 1. The second-order valence-corrected chi connectivity index (χ2v) is 6.58. The van der Waals surface area contributed by atoms with Gasteiger partial charge in [-0.05, 0) is 18.6 Å². The Kier molecular flexibility index (Phi) is 6.21. The van der Waals surface area contributed by atoms with Crippen LogP contribution in [0.4, 0.5) is 0 Å². The molecule has 1 fully saturated rings. The number of nitrogens with two attached hydrogens (primary N) is 2. The predicted molar refractivity (Wildman–Crippen MR) is 105 cm³/mol. The van der Waals surface area contributed by atoms with Crippen LogP contribution in [0.2, 0.25) is 0 Å². The number of carbonyl (C=O) groups is 1. The Balaban J connectivity index is 1.65. The maximum absolute atomic E-state index is 12.6. The van der Waals surface area contributed by atoms with Crippen LogP contribution in [0.25, 0.3) is 11.3 Å². The van der Waals surface area contributed by atoms with Crippen molar-refractivity contribution in [2.24, 2.45) is 11.6 Å². The van der Waals surface area contributed by atoms with Crippen molar-refractivity contribution in [2.45, 2.75) is 18.5 Å². The molecule has 1 amide bonds. The molecule has 0 aliphatic carbocycles. The Morgan fingerprint density at radius 1 is 1.55 bits per heavy atom. The number of rotatable bonds is 7. The number of amides is 1. The van der Waals surface area contributed by atoms with Gasteiger partial charge >= 0.3 is 5.91 Å². The zero-order valence-electron chi connectivity index (χ0n) is 16.0. The molecule has 29 heavy (non-hydrogen) atoms. The van der Waals surface area contributed by atoms with Gasteiger partial charge in [0.05, 0.1) is 31.5 Å². The van der Waals surface area contributed by atoms with Gasteiger partial charge in [0, 0.05) is 25.0 Å². The molecule has 0 saturated carbocycles. The van der Waals surface area contributed by atoms with Crippen LogP contribution in [0.1, 0.15) is 17.1 Å². The second-order valence-electron chi connectivity index (χ2n) is 6.58. The van der Waals surface area contributed by atoms with Crippen LogP contribution >= 0.6 is 0 Å². The molecule has 3 rings (SSSR count). The molecule has 152 valence electrons. The summed E-state index contributed by atoms with van der Waals surface area (Å²) in [4.78, 5) is 18.2. The number of benzene rings is 1. The molecule has 5 N–H and O–H groups in total. The first kappa shape index (κ1) is 20.0. The zero-order chi connectivity index (χ0) is 20.8. The Bertz CT molecular complexity index is 921. The van der Waals surface area contributed by atoms with E-state index < -0.39 is 5.91 Å². The molecule has 10 heteroatoms. The summed E-state index contributed by atoms with van der Waals surface area (Å²) in [7, 11) is 1.56. The maximum atomic E-state index is 12.6. The average Bonchev–Trinajstić information content (AvgIpc) is 3.35. The van der Waals surface area contributed by atoms with Crippen LogP contribution in [0.15, 0.2) is 47.3 Å². The van der Waals surface area contributed by atoms with Crippen LogP contribution in [-0.4, -0.2) is 53.1 Å². The normalized spacial score (nSPS) is 18.6. The first-order valence-electron chi connectivity index (χ1n) is 9.02. The molecule has 2 atom stereocenters. The quantitative estimate of drug-likeness (QED) is 0.347. The highest BCUT2D eigenvalue weighted by atomic mass is 16.5. The van der Waals surface area contributed by atoms with Crippen molar-refractivity contribution in [3.8, 4) is 23.3 Å². The number of nitrogens with one attached hydrogen (secondary N) is 1. The molecule has 1 aromatic heterocycles. The van der Waals surface area contributed by atoms with Crippen molar-refractivity contribution in [1.29, 1.82) is 5.26 Å². The van der Waals surface area contributed by atoms with Gasteiger partial charge in [0.15, 0.2) is 12.0 Å². The molecule has 2 heterocycles. The fraction of sp³-hybridized carbons (Fsp3) is 0.316. The summed E-state index contributed by atoms with van der Waals surface area (Å²) in [6.45, 7) is 0.789. The van der Waals surface area contributed by atoms with Crippen LogP contribution in [-0.2, 0) is 0 Å². The van der Waals surface area contributed by atoms with Crippen molar-refractivity contribution >= 4 is 5.91 Å². The van der Waals surface area contributed by atoms with E-state index in [1.54, 1.807) is 18.1 Å². The summed E-state index contributed by atoms with van der Waals surface area (Å²) in [6.07, 6.45) is 7.03. The summed E-state index contributed by atoms with van der Waals surface area (Å²) in [5, 5.41) is 13.6. The molecule has 2 aromatic rings. The van der Waals surface area contributed by atoms with Crippen LogP contribution in [0.5, 0.6) is 5.75 Å². The first-order chi connectivity index (χ1) is 14.0. The Hall–Kier alpha value is -3.71. The van der Waals surface area contributed by atoms with E-state index in [1.165, 1.54) is 23.6 Å². The van der Waals surface area contributed by atoms with Gasteiger partial charge in [-0.15, -0.1) is 0 Å². The average molecular weight is 397 g/mol. The third-order valence-electron chi connectivity index (χ3n) is 4.65. The van der Waals surface area contributed by atoms with E-state index in [4.69, 9.17) is 20.7 Å². The highest BCUT2D eigenvalue weighted by Gasteiger charge is 2.34. The summed E-state index contributed by atoms with van der Waals surface area (Å²) in [5.74, 6) is 6.37. The third kappa shape index (κ3) is 4.59. The van der Waals surface area contributed by atoms with Gasteiger partial charge in [-0.3, -0.25) is 4.79 Å². The van der Waals surface area contributed by atoms with E-state index in [9.17, 15) is 10.1 Å². The van der Waals surface area contributed by atoms with Crippen molar-refractivity contribution in [3.63, 3.8) is 0 Å². The molecule has 0 radical (unpaired) electrons. The number of hydrogen-bond acceptors (Lipinski definition) is 9. The number of hydrazine groups is 1. The Morgan fingerprint density at radius 2 is 2.34 bits per heavy atom.